The summed E-state index contributed by atoms with van der Waals surface area (Å²) in [6.45, 7) is 0. The Morgan fingerprint density at radius 1 is 1.69 bits per heavy atom. The van der Waals surface area contributed by atoms with E-state index in [-0.39, 0.29) is 11.9 Å². The number of rotatable bonds is 1. The van der Waals surface area contributed by atoms with Crippen molar-refractivity contribution in [1.82, 2.24) is 15.1 Å². The fourth-order valence-corrected chi connectivity index (χ4v) is 1.25. The minimum absolute atomic E-state index is 0.290. The second-order valence-corrected chi connectivity index (χ2v) is 2.87. The van der Waals surface area contributed by atoms with Crippen molar-refractivity contribution in [2.24, 2.45) is 17.8 Å². The zero-order valence-electron chi connectivity index (χ0n) is 7.06. The van der Waals surface area contributed by atoms with E-state index in [2.05, 4.69) is 15.4 Å². The fraction of sp³-hybridized carbons (Fsp3) is 0.286. The molecule has 0 saturated heterocycles. The van der Waals surface area contributed by atoms with Crippen molar-refractivity contribution in [3.63, 3.8) is 0 Å². The number of aryl methyl sites for hydroxylation is 1. The summed E-state index contributed by atoms with van der Waals surface area (Å²) in [5.74, 6) is 0.290. The first kappa shape index (κ1) is 7.78. The number of aliphatic imine (C=N–C) groups is 1. The lowest BCUT2D eigenvalue weighted by atomic mass is 10.1. The van der Waals surface area contributed by atoms with Crippen LogP contribution in [0.15, 0.2) is 17.4 Å². The Morgan fingerprint density at radius 2 is 2.46 bits per heavy atom. The molecule has 68 valence electrons. The molecule has 0 bridgehead atoms. The molecular weight excluding hydrogens is 170 g/mol. The van der Waals surface area contributed by atoms with Gasteiger partial charge in [0.15, 0.2) is 0 Å². The number of amides is 2. The van der Waals surface area contributed by atoms with E-state index in [1.165, 1.54) is 0 Å². The van der Waals surface area contributed by atoms with Gasteiger partial charge in [0.1, 0.15) is 11.9 Å². The van der Waals surface area contributed by atoms with Crippen LogP contribution in [0.1, 0.15) is 11.6 Å². The van der Waals surface area contributed by atoms with Gasteiger partial charge >= 0.3 is 6.03 Å². The topological polar surface area (TPSA) is 85.3 Å². The van der Waals surface area contributed by atoms with Gasteiger partial charge in [-0.1, -0.05) is 0 Å². The summed E-state index contributed by atoms with van der Waals surface area (Å²) >= 11 is 0. The molecule has 1 atom stereocenters. The van der Waals surface area contributed by atoms with Crippen LogP contribution in [0.2, 0.25) is 0 Å². The molecule has 1 aromatic heterocycles. The molecule has 13 heavy (non-hydrogen) atoms. The maximum absolute atomic E-state index is 10.8. The third-order valence-electron chi connectivity index (χ3n) is 1.85. The maximum Gasteiger partial charge on any atom is 0.343 e. The van der Waals surface area contributed by atoms with Gasteiger partial charge in [0, 0.05) is 18.8 Å². The van der Waals surface area contributed by atoms with E-state index in [9.17, 15) is 4.79 Å². The molecule has 0 saturated carbocycles. The van der Waals surface area contributed by atoms with Crippen LogP contribution >= 0.6 is 0 Å². The van der Waals surface area contributed by atoms with Gasteiger partial charge in [0.2, 0.25) is 0 Å². The average molecular weight is 179 g/mol. The van der Waals surface area contributed by atoms with Crippen molar-refractivity contribution in [2.75, 3.05) is 0 Å². The molecule has 0 aliphatic carbocycles. The van der Waals surface area contributed by atoms with E-state index in [1.807, 2.05) is 0 Å². The Bertz CT molecular complexity index is 380. The van der Waals surface area contributed by atoms with E-state index in [1.54, 1.807) is 24.1 Å². The van der Waals surface area contributed by atoms with Gasteiger partial charge in [0.25, 0.3) is 0 Å². The number of carbonyl (C=O) groups excluding carboxylic acids is 1. The molecule has 1 unspecified atom stereocenters. The minimum Gasteiger partial charge on any atom is -0.385 e. The van der Waals surface area contributed by atoms with Gasteiger partial charge in [-0.15, -0.1) is 0 Å². The quantitative estimate of drug-likeness (QED) is 0.611. The summed E-state index contributed by atoms with van der Waals surface area (Å²) in [5, 5.41) is 6.59. The average Bonchev–Trinajstić information content (AvgIpc) is 2.58. The number of urea groups is 1. The van der Waals surface area contributed by atoms with Gasteiger partial charge in [-0.05, 0) is 0 Å². The fourth-order valence-electron chi connectivity index (χ4n) is 1.25. The van der Waals surface area contributed by atoms with E-state index in [0.717, 1.165) is 5.56 Å². The van der Waals surface area contributed by atoms with Crippen molar-refractivity contribution in [1.29, 1.82) is 0 Å². The number of amidine groups is 1. The van der Waals surface area contributed by atoms with E-state index >= 15 is 0 Å². The Hall–Kier alpha value is -1.85. The SMILES string of the molecule is Cn1cc(C2NC(=O)N=C2N)cn1. The smallest absolute Gasteiger partial charge is 0.343 e. The molecule has 0 aromatic carbocycles. The summed E-state index contributed by atoms with van der Waals surface area (Å²) in [5.41, 5.74) is 6.38. The monoisotopic (exact) mass is 179 g/mol. The normalized spacial score (nSPS) is 21.5. The molecule has 1 aromatic rings. The number of nitrogens with one attached hydrogen (secondary N) is 1. The molecule has 0 fully saturated rings. The van der Waals surface area contributed by atoms with Crippen molar-refractivity contribution in [3.8, 4) is 0 Å². The van der Waals surface area contributed by atoms with Crippen molar-refractivity contribution in [2.45, 2.75) is 6.04 Å². The highest BCUT2D eigenvalue weighted by Crippen LogP contribution is 2.15. The third-order valence-corrected chi connectivity index (χ3v) is 1.85. The summed E-state index contributed by atoms with van der Waals surface area (Å²) in [4.78, 5) is 14.4. The van der Waals surface area contributed by atoms with Gasteiger partial charge in [-0.3, -0.25) is 4.68 Å². The lowest BCUT2D eigenvalue weighted by molar-refractivity contribution is 0.250. The number of hydrogen-bond acceptors (Lipinski definition) is 3. The number of carbonyl (C=O) groups is 1. The molecule has 1 aliphatic rings. The van der Waals surface area contributed by atoms with Gasteiger partial charge in [-0.2, -0.15) is 10.1 Å². The van der Waals surface area contributed by atoms with Crippen LogP contribution in [0.25, 0.3) is 0 Å². The Balaban J connectivity index is 2.29. The van der Waals surface area contributed by atoms with Crippen LogP contribution in [0.4, 0.5) is 4.79 Å². The Morgan fingerprint density at radius 3 is 2.92 bits per heavy atom. The molecule has 2 amide bonds. The van der Waals surface area contributed by atoms with Crippen LogP contribution in [-0.4, -0.2) is 21.6 Å². The molecule has 2 heterocycles. The molecule has 6 nitrogen and oxygen atoms in total. The lowest BCUT2D eigenvalue weighted by Crippen LogP contribution is -2.27. The Kier molecular flexibility index (Phi) is 1.54. The van der Waals surface area contributed by atoms with Crippen LogP contribution < -0.4 is 11.1 Å². The van der Waals surface area contributed by atoms with Gasteiger partial charge < -0.3 is 11.1 Å². The number of nitrogens with zero attached hydrogens (tertiary/aromatic N) is 3. The summed E-state index contributed by atoms with van der Waals surface area (Å²) in [6.07, 6.45) is 3.44. The van der Waals surface area contributed by atoms with E-state index < -0.39 is 6.03 Å². The third kappa shape index (κ3) is 1.26. The molecule has 2 rings (SSSR count). The highest BCUT2D eigenvalue weighted by atomic mass is 16.2. The first-order valence-electron chi connectivity index (χ1n) is 3.80. The van der Waals surface area contributed by atoms with Crippen LogP contribution in [0, 0.1) is 0 Å². The second kappa shape index (κ2) is 2.58. The summed E-state index contributed by atoms with van der Waals surface area (Å²) in [6, 6.07) is -0.715. The lowest BCUT2D eigenvalue weighted by Gasteiger charge is -2.06. The second-order valence-electron chi connectivity index (χ2n) is 2.87. The Labute approximate surface area is 74.4 Å². The summed E-state index contributed by atoms with van der Waals surface area (Å²) < 4.78 is 1.65. The van der Waals surface area contributed by atoms with Crippen LogP contribution in [0.5, 0.6) is 0 Å². The van der Waals surface area contributed by atoms with Crippen molar-refractivity contribution < 1.29 is 4.79 Å². The summed E-state index contributed by atoms with van der Waals surface area (Å²) in [7, 11) is 1.80. The molecule has 0 radical (unpaired) electrons. The molecule has 6 heteroatoms. The zero-order valence-corrected chi connectivity index (χ0v) is 7.06. The number of aromatic nitrogens is 2. The van der Waals surface area contributed by atoms with Gasteiger partial charge in [-0.25, -0.2) is 4.79 Å². The highest BCUT2D eigenvalue weighted by Gasteiger charge is 2.25. The predicted octanol–water partition coefficient (Wildman–Crippen LogP) is -0.458. The van der Waals surface area contributed by atoms with Gasteiger partial charge in [0.05, 0.1) is 6.20 Å². The van der Waals surface area contributed by atoms with E-state index in [0.29, 0.717) is 0 Å². The van der Waals surface area contributed by atoms with Crippen molar-refractivity contribution >= 4 is 11.9 Å². The predicted molar refractivity (Wildman–Crippen MR) is 46.1 cm³/mol. The largest absolute Gasteiger partial charge is 0.385 e. The standard InChI is InChI=1S/C7H9N5O/c1-12-3-4(2-9-12)5-6(8)11-7(13)10-5/h2-3,5H,1H3,(H3,8,10,11,13). The van der Waals surface area contributed by atoms with Crippen LogP contribution in [-0.2, 0) is 7.05 Å². The molecule has 0 spiro atoms. The zero-order chi connectivity index (χ0) is 9.42. The highest BCUT2D eigenvalue weighted by molar-refractivity contribution is 6.03. The van der Waals surface area contributed by atoms with Crippen LogP contribution in [0.3, 0.4) is 0 Å². The maximum atomic E-state index is 10.8. The number of nitrogens with two attached hydrogens (primary N) is 1. The first-order valence-corrected chi connectivity index (χ1v) is 3.80. The first-order chi connectivity index (χ1) is 6.16. The molecule has 1 aliphatic heterocycles. The molecular formula is C7H9N5O. The minimum atomic E-state index is -0.397. The van der Waals surface area contributed by atoms with Crippen molar-refractivity contribution in [3.05, 3.63) is 18.0 Å². The molecule has 3 N–H and O–H groups in total. The number of hydrogen-bond donors (Lipinski definition) is 2. The van der Waals surface area contributed by atoms with E-state index in [4.69, 9.17) is 5.73 Å².